The Hall–Kier alpha value is -2.74. The van der Waals surface area contributed by atoms with Crippen molar-refractivity contribution in [1.82, 2.24) is 4.68 Å². The van der Waals surface area contributed by atoms with Crippen LogP contribution in [0.5, 0.6) is 0 Å². The first-order chi connectivity index (χ1) is 11.8. The lowest BCUT2D eigenvalue weighted by Crippen LogP contribution is -2.23. The van der Waals surface area contributed by atoms with Gasteiger partial charge in [-0.1, -0.05) is 30.3 Å². The lowest BCUT2D eigenvalue weighted by atomic mass is 10.1. The van der Waals surface area contributed by atoms with Crippen LogP contribution in [-0.4, -0.2) is 13.1 Å². The van der Waals surface area contributed by atoms with Crippen LogP contribution in [0.2, 0.25) is 0 Å². The van der Waals surface area contributed by atoms with Crippen molar-refractivity contribution in [1.29, 1.82) is 0 Å². The fraction of sp³-hybridized carbons (Fsp3) is 0.0588. The third kappa shape index (κ3) is 3.69. The highest BCUT2D eigenvalue weighted by molar-refractivity contribution is 7.92. The predicted octanol–water partition coefficient (Wildman–Crippen LogP) is 4.11. The molecule has 25 heavy (non-hydrogen) atoms. The van der Waals surface area contributed by atoms with Gasteiger partial charge in [-0.15, -0.1) is 0 Å². The first-order valence-corrected chi connectivity index (χ1v) is 8.68. The fourth-order valence-corrected chi connectivity index (χ4v) is 3.35. The normalized spacial score (nSPS) is 12.1. The molecular weight excluding hydrogens is 353 g/mol. The van der Waals surface area contributed by atoms with Crippen molar-refractivity contribution < 1.29 is 21.6 Å². The Kier molecular flexibility index (Phi) is 4.30. The standard InChI is InChI=1S/C17H13F3N2O2S/c18-17(19,20)14-10-8-13(9-11-14)16-7-4-12-22(16)21-25(23,24)15-5-2-1-3-6-15/h1-12,21H. The second-order valence-corrected chi connectivity index (χ2v) is 6.91. The van der Waals surface area contributed by atoms with Crippen LogP contribution in [0.1, 0.15) is 5.56 Å². The van der Waals surface area contributed by atoms with Crippen molar-refractivity contribution in [2.75, 3.05) is 4.83 Å². The lowest BCUT2D eigenvalue weighted by Gasteiger charge is -2.13. The molecule has 130 valence electrons. The minimum absolute atomic E-state index is 0.0852. The molecule has 3 aromatic rings. The maximum atomic E-state index is 12.7. The van der Waals surface area contributed by atoms with E-state index in [0.717, 1.165) is 12.1 Å². The van der Waals surface area contributed by atoms with Crippen LogP contribution in [0.25, 0.3) is 11.3 Å². The monoisotopic (exact) mass is 366 g/mol. The van der Waals surface area contributed by atoms with E-state index in [1.54, 1.807) is 30.3 Å². The van der Waals surface area contributed by atoms with E-state index < -0.39 is 21.8 Å². The van der Waals surface area contributed by atoms with Gasteiger partial charge in [0.1, 0.15) is 0 Å². The fourth-order valence-electron chi connectivity index (χ4n) is 2.31. The number of hydrogen-bond donors (Lipinski definition) is 1. The Balaban J connectivity index is 1.91. The zero-order valence-corrected chi connectivity index (χ0v) is 13.6. The molecular formula is C17H13F3N2O2S. The molecule has 1 heterocycles. The van der Waals surface area contributed by atoms with Crippen molar-refractivity contribution in [3.05, 3.63) is 78.5 Å². The molecule has 0 unspecified atom stereocenters. The van der Waals surface area contributed by atoms with E-state index in [9.17, 15) is 21.6 Å². The van der Waals surface area contributed by atoms with Gasteiger partial charge < -0.3 is 0 Å². The summed E-state index contributed by atoms with van der Waals surface area (Å²) in [5.74, 6) is 0. The molecule has 8 heteroatoms. The molecule has 0 radical (unpaired) electrons. The molecule has 0 saturated heterocycles. The molecule has 1 N–H and O–H groups in total. The van der Waals surface area contributed by atoms with E-state index in [1.165, 1.54) is 35.1 Å². The minimum atomic E-state index is -4.42. The van der Waals surface area contributed by atoms with Gasteiger partial charge >= 0.3 is 6.18 Å². The molecule has 2 aromatic carbocycles. The van der Waals surface area contributed by atoms with Gasteiger partial charge in [0.15, 0.2) is 0 Å². The van der Waals surface area contributed by atoms with Crippen LogP contribution in [0.15, 0.2) is 77.8 Å². The summed E-state index contributed by atoms with van der Waals surface area (Å²) in [5, 5.41) is 0. The summed E-state index contributed by atoms with van der Waals surface area (Å²) in [6.45, 7) is 0. The molecule has 0 spiro atoms. The second kappa shape index (κ2) is 6.29. The zero-order chi connectivity index (χ0) is 18.1. The number of alkyl halides is 3. The Bertz CT molecular complexity index is 963. The van der Waals surface area contributed by atoms with E-state index in [1.807, 2.05) is 0 Å². The number of halogens is 3. The van der Waals surface area contributed by atoms with Gasteiger partial charge in [0.2, 0.25) is 0 Å². The third-order valence-corrected chi connectivity index (χ3v) is 4.86. The highest BCUT2D eigenvalue weighted by Gasteiger charge is 2.30. The molecule has 0 aliphatic carbocycles. The van der Waals surface area contributed by atoms with Crippen molar-refractivity contribution in [2.45, 2.75) is 11.1 Å². The topological polar surface area (TPSA) is 51.1 Å². The quantitative estimate of drug-likeness (QED) is 0.756. The first kappa shape index (κ1) is 17.1. The summed E-state index contributed by atoms with van der Waals surface area (Å²) < 4.78 is 64.0. The van der Waals surface area contributed by atoms with Gasteiger partial charge in [-0.3, -0.25) is 4.68 Å². The van der Waals surface area contributed by atoms with E-state index in [4.69, 9.17) is 0 Å². The number of nitrogens with one attached hydrogen (secondary N) is 1. The second-order valence-electron chi connectivity index (χ2n) is 5.25. The molecule has 0 bridgehead atoms. The molecule has 0 atom stereocenters. The Morgan fingerprint density at radius 2 is 1.48 bits per heavy atom. The van der Waals surface area contributed by atoms with Crippen molar-refractivity contribution >= 4 is 10.0 Å². The maximum absolute atomic E-state index is 12.7. The Labute approximate surface area is 142 Å². The van der Waals surface area contributed by atoms with E-state index >= 15 is 0 Å². The van der Waals surface area contributed by atoms with E-state index in [0.29, 0.717) is 11.3 Å². The summed E-state index contributed by atoms with van der Waals surface area (Å²) in [6.07, 6.45) is -2.94. The molecule has 0 aliphatic rings. The van der Waals surface area contributed by atoms with Crippen molar-refractivity contribution in [2.24, 2.45) is 0 Å². The molecule has 0 amide bonds. The Morgan fingerprint density at radius 1 is 0.840 bits per heavy atom. The highest BCUT2D eigenvalue weighted by Crippen LogP contribution is 2.31. The van der Waals surface area contributed by atoms with Crippen molar-refractivity contribution in [3.8, 4) is 11.3 Å². The lowest BCUT2D eigenvalue weighted by molar-refractivity contribution is -0.137. The van der Waals surface area contributed by atoms with Gasteiger partial charge in [0, 0.05) is 11.8 Å². The van der Waals surface area contributed by atoms with Crippen molar-refractivity contribution in [3.63, 3.8) is 0 Å². The maximum Gasteiger partial charge on any atom is 0.416 e. The van der Waals surface area contributed by atoms with Crippen LogP contribution in [0, 0.1) is 0 Å². The molecule has 0 fully saturated rings. The summed E-state index contributed by atoms with van der Waals surface area (Å²) in [6, 6.07) is 15.5. The van der Waals surface area contributed by atoms with Crippen LogP contribution >= 0.6 is 0 Å². The highest BCUT2D eigenvalue weighted by atomic mass is 32.2. The number of aromatic nitrogens is 1. The Morgan fingerprint density at radius 3 is 2.08 bits per heavy atom. The van der Waals surface area contributed by atoms with E-state index in [2.05, 4.69) is 4.83 Å². The number of sulfonamides is 1. The first-order valence-electron chi connectivity index (χ1n) is 7.20. The summed E-state index contributed by atoms with van der Waals surface area (Å²) in [4.78, 5) is 2.48. The number of rotatable bonds is 4. The smallest absolute Gasteiger partial charge is 0.253 e. The SMILES string of the molecule is O=S(=O)(Nn1cccc1-c1ccc(C(F)(F)F)cc1)c1ccccc1. The average Bonchev–Trinajstić information content (AvgIpc) is 3.02. The molecule has 4 nitrogen and oxygen atoms in total. The summed E-state index contributed by atoms with van der Waals surface area (Å²) in [5.41, 5.74) is 0.112. The van der Waals surface area contributed by atoms with Gasteiger partial charge in [0.05, 0.1) is 16.2 Å². The predicted molar refractivity (Wildman–Crippen MR) is 87.9 cm³/mol. The molecule has 0 saturated carbocycles. The van der Waals surface area contributed by atoms with E-state index in [-0.39, 0.29) is 4.90 Å². The third-order valence-electron chi connectivity index (χ3n) is 3.53. The molecule has 1 aromatic heterocycles. The molecule has 0 aliphatic heterocycles. The average molecular weight is 366 g/mol. The summed E-state index contributed by atoms with van der Waals surface area (Å²) >= 11 is 0. The van der Waals surface area contributed by atoms with Gasteiger partial charge in [0.25, 0.3) is 10.0 Å². The number of hydrogen-bond acceptors (Lipinski definition) is 2. The minimum Gasteiger partial charge on any atom is -0.253 e. The van der Waals surface area contributed by atoms with Crippen LogP contribution in [0.3, 0.4) is 0 Å². The van der Waals surface area contributed by atoms with Gasteiger partial charge in [-0.25, -0.2) is 4.83 Å². The number of benzene rings is 2. The summed E-state index contributed by atoms with van der Waals surface area (Å²) in [7, 11) is -3.81. The largest absolute Gasteiger partial charge is 0.416 e. The van der Waals surface area contributed by atoms with Crippen LogP contribution in [-0.2, 0) is 16.2 Å². The van der Waals surface area contributed by atoms with Gasteiger partial charge in [-0.05, 0) is 36.4 Å². The van der Waals surface area contributed by atoms with Gasteiger partial charge in [-0.2, -0.15) is 21.6 Å². The van der Waals surface area contributed by atoms with Crippen LogP contribution < -0.4 is 4.83 Å². The van der Waals surface area contributed by atoms with Crippen LogP contribution in [0.4, 0.5) is 13.2 Å². The molecule has 3 rings (SSSR count). The number of nitrogens with zero attached hydrogens (tertiary/aromatic N) is 1. The zero-order valence-electron chi connectivity index (χ0n) is 12.7.